The molecule has 1 aliphatic carbocycles. The molecule has 0 spiro atoms. The van der Waals surface area contributed by atoms with Gasteiger partial charge in [-0.1, -0.05) is 0 Å². The van der Waals surface area contributed by atoms with E-state index in [4.69, 9.17) is 11.6 Å². The van der Waals surface area contributed by atoms with Crippen molar-refractivity contribution in [1.29, 1.82) is 0 Å². The standard InChI is InChI=1S/C12H11ClFN3/c13-7-9-3-5-15-12(11(9)14)17-6-4-10(16-17)8-1-2-8/h3-6,8H,1-2,7H2. The predicted molar refractivity (Wildman–Crippen MR) is 62.8 cm³/mol. The summed E-state index contributed by atoms with van der Waals surface area (Å²) in [5.41, 5.74) is 1.46. The van der Waals surface area contributed by atoms with E-state index >= 15 is 0 Å². The van der Waals surface area contributed by atoms with Crippen LogP contribution in [0.4, 0.5) is 4.39 Å². The summed E-state index contributed by atoms with van der Waals surface area (Å²) >= 11 is 5.66. The minimum Gasteiger partial charge on any atom is -0.235 e. The van der Waals surface area contributed by atoms with E-state index in [1.165, 1.54) is 17.5 Å². The lowest BCUT2D eigenvalue weighted by Gasteiger charge is -2.04. The first kappa shape index (κ1) is 10.7. The highest BCUT2D eigenvalue weighted by Gasteiger charge is 2.26. The van der Waals surface area contributed by atoms with Crippen LogP contribution in [0.25, 0.3) is 5.82 Å². The number of hydrogen-bond donors (Lipinski definition) is 0. The van der Waals surface area contributed by atoms with Crippen molar-refractivity contribution in [3.05, 3.63) is 41.6 Å². The third-order valence-corrected chi connectivity index (χ3v) is 3.21. The molecular formula is C12H11ClFN3. The average molecular weight is 252 g/mol. The summed E-state index contributed by atoms with van der Waals surface area (Å²) in [6, 6.07) is 3.50. The number of pyridine rings is 1. The fourth-order valence-electron chi connectivity index (χ4n) is 1.79. The van der Waals surface area contributed by atoms with Crippen LogP contribution in [0.15, 0.2) is 24.5 Å². The fourth-order valence-corrected chi connectivity index (χ4v) is 1.99. The Morgan fingerprint density at radius 3 is 2.94 bits per heavy atom. The van der Waals surface area contributed by atoms with Crippen LogP contribution in [0.1, 0.15) is 30.0 Å². The van der Waals surface area contributed by atoms with E-state index in [1.54, 1.807) is 18.5 Å². The first-order valence-electron chi connectivity index (χ1n) is 5.55. The zero-order valence-corrected chi connectivity index (χ0v) is 9.86. The van der Waals surface area contributed by atoms with Crippen LogP contribution < -0.4 is 0 Å². The number of halogens is 2. The van der Waals surface area contributed by atoms with Gasteiger partial charge in [-0.15, -0.1) is 11.6 Å². The van der Waals surface area contributed by atoms with Crippen LogP contribution >= 0.6 is 11.6 Å². The van der Waals surface area contributed by atoms with Crippen molar-refractivity contribution >= 4 is 11.6 Å². The molecular weight excluding hydrogens is 241 g/mol. The molecule has 0 amide bonds. The summed E-state index contributed by atoms with van der Waals surface area (Å²) in [6.07, 6.45) is 5.65. The van der Waals surface area contributed by atoms with E-state index < -0.39 is 5.82 Å². The lowest BCUT2D eigenvalue weighted by molar-refractivity contribution is 0.589. The third kappa shape index (κ3) is 1.93. The molecule has 0 radical (unpaired) electrons. The van der Waals surface area contributed by atoms with E-state index in [0.717, 1.165) is 5.69 Å². The maximum Gasteiger partial charge on any atom is 0.189 e. The maximum absolute atomic E-state index is 14.0. The van der Waals surface area contributed by atoms with Crippen LogP contribution in [0.3, 0.4) is 0 Å². The van der Waals surface area contributed by atoms with E-state index in [1.807, 2.05) is 6.07 Å². The van der Waals surface area contributed by atoms with Crippen LogP contribution in [-0.2, 0) is 5.88 Å². The van der Waals surface area contributed by atoms with Gasteiger partial charge in [0.15, 0.2) is 11.6 Å². The smallest absolute Gasteiger partial charge is 0.189 e. The zero-order valence-electron chi connectivity index (χ0n) is 9.11. The predicted octanol–water partition coefficient (Wildman–Crippen LogP) is 3.02. The molecule has 5 heteroatoms. The van der Waals surface area contributed by atoms with Gasteiger partial charge in [0, 0.05) is 23.9 Å². The highest BCUT2D eigenvalue weighted by atomic mass is 35.5. The van der Waals surface area contributed by atoms with Gasteiger partial charge in [-0.05, 0) is 25.0 Å². The van der Waals surface area contributed by atoms with Crippen LogP contribution in [-0.4, -0.2) is 14.8 Å². The van der Waals surface area contributed by atoms with Crippen LogP contribution in [0.2, 0.25) is 0 Å². The summed E-state index contributed by atoms with van der Waals surface area (Å²) in [7, 11) is 0. The largest absolute Gasteiger partial charge is 0.235 e. The van der Waals surface area contributed by atoms with E-state index in [0.29, 0.717) is 11.5 Å². The normalized spacial score (nSPS) is 15.2. The van der Waals surface area contributed by atoms with Crippen LogP contribution in [0, 0.1) is 5.82 Å². The highest BCUT2D eigenvalue weighted by molar-refractivity contribution is 6.17. The molecule has 1 aliphatic rings. The molecule has 3 nitrogen and oxygen atoms in total. The zero-order chi connectivity index (χ0) is 11.8. The molecule has 17 heavy (non-hydrogen) atoms. The van der Waals surface area contributed by atoms with Gasteiger partial charge in [-0.2, -0.15) is 5.10 Å². The van der Waals surface area contributed by atoms with Gasteiger partial charge in [-0.3, -0.25) is 0 Å². The first-order valence-corrected chi connectivity index (χ1v) is 6.08. The quantitative estimate of drug-likeness (QED) is 0.785. The highest BCUT2D eigenvalue weighted by Crippen LogP contribution is 2.39. The number of aromatic nitrogens is 3. The molecule has 0 bridgehead atoms. The molecule has 0 aromatic carbocycles. The van der Waals surface area contributed by atoms with Gasteiger partial charge in [0.25, 0.3) is 0 Å². The van der Waals surface area contributed by atoms with Crippen molar-refractivity contribution < 1.29 is 4.39 Å². The lowest BCUT2D eigenvalue weighted by Crippen LogP contribution is -2.04. The van der Waals surface area contributed by atoms with E-state index in [2.05, 4.69) is 10.1 Å². The summed E-state index contributed by atoms with van der Waals surface area (Å²) in [5.74, 6) is 0.511. The van der Waals surface area contributed by atoms with Crippen molar-refractivity contribution in [1.82, 2.24) is 14.8 Å². The van der Waals surface area contributed by atoms with Crippen molar-refractivity contribution in [2.24, 2.45) is 0 Å². The molecule has 3 rings (SSSR count). The Bertz CT molecular complexity index is 548. The first-order chi connectivity index (χ1) is 8.29. The Morgan fingerprint density at radius 1 is 1.41 bits per heavy atom. The maximum atomic E-state index is 14.0. The number of hydrogen-bond acceptors (Lipinski definition) is 2. The Labute approximate surface area is 103 Å². The number of alkyl halides is 1. The minimum absolute atomic E-state index is 0.137. The van der Waals surface area contributed by atoms with Gasteiger partial charge in [0.2, 0.25) is 0 Å². The van der Waals surface area contributed by atoms with Gasteiger partial charge >= 0.3 is 0 Å². The molecule has 0 saturated heterocycles. The monoisotopic (exact) mass is 251 g/mol. The summed E-state index contributed by atoms with van der Waals surface area (Å²) < 4.78 is 15.5. The van der Waals surface area contributed by atoms with Crippen molar-refractivity contribution in [2.45, 2.75) is 24.6 Å². The molecule has 0 aliphatic heterocycles. The van der Waals surface area contributed by atoms with Crippen molar-refractivity contribution in [3.8, 4) is 5.82 Å². The van der Waals surface area contributed by atoms with Crippen LogP contribution in [0.5, 0.6) is 0 Å². The molecule has 1 fully saturated rings. The molecule has 1 saturated carbocycles. The molecule has 2 aromatic rings. The second-order valence-electron chi connectivity index (χ2n) is 4.20. The summed E-state index contributed by atoms with van der Waals surface area (Å²) in [6.45, 7) is 0. The second kappa shape index (κ2) is 4.11. The van der Waals surface area contributed by atoms with Gasteiger partial charge in [-0.25, -0.2) is 14.1 Å². The van der Waals surface area contributed by atoms with Gasteiger partial charge < -0.3 is 0 Å². The SMILES string of the molecule is Fc1c(CCl)ccnc1-n1ccc(C2CC2)n1. The molecule has 0 N–H and O–H groups in total. The van der Waals surface area contributed by atoms with E-state index in [-0.39, 0.29) is 11.7 Å². The van der Waals surface area contributed by atoms with E-state index in [9.17, 15) is 4.39 Å². The summed E-state index contributed by atoms with van der Waals surface area (Å²) in [5, 5.41) is 4.35. The Kier molecular flexibility index (Phi) is 2.59. The molecule has 2 aromatic heterocycles. The lowest BCUT2D eigenvalue weighted by atomic mass is 10.3. The van der Waals surface area contributed by atoms with Gasteiger partial charge in [0.05, 0.1) is 11.6 Å². The Morgan fingerprint density at radius 2 is 2.24 bits per heavy atom. The molecule has 2 heterocycles. The Balaban J connectivity index is 2.01. The molecule has 0 unspecified atom stereocenters. The Hall–Kier alpha value is -1.42. The minimum atomic E-state index is -0.395. The average Bonchev–Trinajstić information content (AvgIpc) is 3.08. The van der Waals surface area contributed by atoms with Crippen molar-refractivity contribution in [3.63, 3.8) is 0 Å². The molecule has 88 valence electrons. The van der Waals surface area contributed by atoms with Gasteiger partial charge in [0.1, 0.15) is 0 Å². The number of rotatable bonds is 3. The van der Waals surface area contributed by atoms with Crippen molar-refractivity contribution in [2.75, 3.05) is 0 Å². The molecule has 0 atom stereocenters. The summed E-state index contributed by atoms with van der Waals surface area (Å²) in [4.78, 5) is 4.02. The number of nitrogens with zero attached hydrogens (tertiary/aromatic N) is 3. The third-order valence-electron chi connectivity index (χ3n) is 2.92. The topological polar surface area (TPSA) is 30.7 Å². The fraction of sp³-hybridized carbons (Fsp3) is 0.333. The second-order valence-corrected chi connectivity index (χ2v) is 4.47.